The molecule has 1 rings (SSSR count). The molecule has 0 spiro atoms. The van der Waals surface area contributed by atoms with E-state index in [-0.39, 0.29) is 6.04 Å². The van der Waals surface area contributed by atoms with Crippen molar-refractivity contribution in [3.63, 3.8) is 0 Å². The van der Waals surface area contributed by atoms with Crippen LogP contribution in [0.1, 0.15) is 19.3 Å². The average molecular weight is 157 g/mol. The second-order valence-electron chi connectivity index (χ2n) is 2.93. The van der Waals surface area contributed by atoms with Gasteiger partial charge in [0.2, 0.25) is 0 Å². The van der Waals surface area contributed by atoms with Gasteiger partial charge in [0.25, 0.3) is 0 Å². The summed E-state index contributed by atoms with van der Waals surface area (Å²) >= 11 is 0. The highest BCUT2D eigenvalue weighted by Crippen LogP contribution is 2.14. The van der Waals surface area contributed by atoms with Gasteiger partial charge in [-0.1, -0.05) is 6.42 Å². The molecule has 3 heteroatoms. The van der Waals surface area contributed by atoms with Gasteiger partial charge in [-0.2, -0.15) is 0 Å². The van der Waals surface area contributed by atoms with E-state index in [0.717, 1.165) is 19.3 Å². The number of piperidine rings is 1. The summed E-state index contributed by atoms with van der Waals surface area (Å²) in [6.45, 7) is 1.58. The summed E-state index contributed by atoms with van der Waals surface area (Å²) < 4.78 is 4.98. The third-order valence-corrected chi connectivity index (χ3v) is 2.12. The second kappa shape index (κ2) is 4.46. The molecule has 1 unspecified atom stereocenters. The van der Waals surface area contributed by atoms with Gasteiger partial charge in [0.15, 0.2) is 0 Å². The Hall–Kier alpha value is -0.410. The van der Waals surface area contributed by atoms with Crippen molar-refractivity contribution in [2.75, 3.05) is 20.4 Å². The number of ether oxygens (including phenoxy) is 1. The highest BCUT2D eigenvalue weighted by Gasteiger charge is 2.20. The zero-order chi connectivity index (χ0) is 8.10. The normalized spacial score (nSPS) is 26.8. The van der Waals surface area contributed by atoms with Crippen LogP contribution >= 0.6 is 0 Å². The minimum atomic E-state index is 0.101. The molecule has 0 saturated carbocycles. The first-order valence-corrected chi connectivity index (χ1v) is 4.06. The average Bonchev–Trinajstić information content (AvgIpc) is 2.06. The first-order valence-electron chi connectivity index (χ1n) is 4.06. The first-order chi connectivity index (χ1) is 5.38. The number of aldehydes is 1. The Kier molecular flexibility index (Phi) is 3.52. The lowest BCUT2D eigenvalue weighted by molar-refractivity contribution is -0.115. The Morgan fingerprint density at radius 3 is 3.09 bits per heavy atom. The maximum Gasteiger partial charge on any atom is 0.137 e. The molecule has 0 aromatic heterocycles. The fourth-order valence-electron chi connectivity index (χ4n) is 1.50. The van der Waals surface area contributed by atoms with Crippen LogP contribution in [0.25, 0.3) is 0 Å². The monoisotopic (exact) mass is 157 g/mol. The molecule has 1 aliphatic rings. The second-order valence-corrected chi connectivity index (χ2v) is 2.93. The molecule has 0 aromatic rings. The number of likely N-dealkylation sites (tertiary alicyclic amines) is 1. The molecule has 11 heavy (non-hydrogen) atoms. The molecule has 0 aromatic carbocycles. The lowest BCUT2D eigenvalue weighted by Crippen LogP contribution is -2.41. The molecule has 1 fully saturated rings. The van der Waals surface area contributed by atoms with E-state index in [4.69, 9.17) is 4.74 Å². The molecule has 0 radical (unpaired) electrons. The summed E-state index contributed by atoms with van der Waals surface area (Å²) in [7, 11) is 1.66. The van der Waals surface area contributed by atoms with Crippen molar-refractivity contribution in [2.45, 2.75) is 25.3 Å². The molecule has 0 aliphatic carbocycles. The van der Waals surface area contributed by atoms with Crippen LogP contribution in [0.2, 0.25) is 0 Å². The molecule has 1 atom stereocenters. The topological polar surface area (TPSA) is 29.5 Å². The Labute approximate surface area is 67.3 Å². The summed E-state index contributed by atoms with van der Waals surface area (Å²) in [6, 6.07) is 0.101. The smallest absolute Gasteiger partial charge is 0.137 e. The third-order valence-electron chi connectivity index (χ3n) is 2.12. The van der Waals surface area contributed by atoms with Crippen LogP contribution in [0.4, 0.5) is 0 Å². The molecule has 3 nitrogen and oxygen atoms in total. The summed E-state index contributed by atoms with van der Waals surface area (Å²) in [5.74, 6) is 0. The molecule has 1 aliphatic heterocycles. The van der Waals surface area contributed by atoms with Gasteiger partial charge >= 0.3 is 0 Å². The predicted octanol–water partition coefficient (Wildman–Crippen LogP) is 0.644. The van der Waals surface area contributed by atoms with Crippen LogP contribution in [-0.2, 0) is 9.53 Å². The Morgan fingerprint density at radius 2 is 2.45 bits per heavy atom. The van der Waals surface area contributed by atoms with Gasteiger partial charge in [-0.05, 0) is 12.8 Å². The van der Waals surface area contributed by atoms with E-state index < -0.39 is 0 Å². The molecule has 0 amide bonds. The van der Waals surface area contributed by atoms with Crippen LogP contribution in [0, 0.1) is 0 Å². The van der Waals surface area contributed by atoms with Crippen LogP contribution in [-0.4, -0.2) is 37.6 Å². The van der Waals surface area contributed by atoms with E-state index >= 15 is 0 Å². The fourth-order valence-corrected chi connectivity index (χ4v) is 1.50. The highest BCUT2D eigenvalue weighted by molar-refractivity contribution is 5.57. The van der Waals surface area contributed by atoms with Crippen molar-refractivity contribution < 1.29 is 9.53 Å². The van der Waals surface area contributed by atoms with Gasteiger partial charge in [-0.15, -0.1) is 0 Å². The molecule has 64 valence electrons. The summed E-state index contributed by atoms with van der Waals surface area (Å²) in [6.07, 6.45) is 4.38. The Bertz CT molecular complexity index is 125. The van der Waals surface area contributed by atoms with Crippen molar-refractivity contribution in [3.05, 3.63) is 0 Å². The largest absolute Gasteiger partial charge is 0.369 e. The molecule has 0 bridgehead atoms. The van der Waals surface area contributed by atoms with Crippen LogP contribution in [0.15, 0.2) is 0 Å². The number of nitrogens with zero attached hydrogens (tertiary/aromatic N) is 1. The fraction of sp³-hybridized carbons (Fsp3) is 0.875. The van der Waals surface area contributed by atoms with E-state index in [2.05, 4.69) is 4.90 Å². The zero-order valence-electron chi connectivity index (χ0n) is 6.95. The van der Waals surface area contributed by atoms with Crippen LogP contribution < -0.4 is 0 Å². The zero-order valence-corrected chi connectivity index (χ0v) is 6.95. The standard InChI is InChI=1S/C8H15NO2/c1-11-7-9-5-3-2-4-8(9)6-10/h6,8H,2-5,7H2,1H3. The lowest BCUT2D eigenvalue weighted by atomic mass is 10.0. The quantitative estimate of drug-likeness (QED) is 0.563. The molecule has 1 saturated heterocycles. The van der Waals surface area contributed by atoms with Crippen LogP contribution in [0.5, 0.6) is 0 Å². The van der Waals surface area contributed by atoms with Crippen molar-refractivity contribution >= 4 is 6.29 Å². The predicted molar refractivity (Wildman–Crippen MR) is 42.3 cm³/mol. The van der Waals surface area contributed by atoms with Gasteiger partial charge < -0.3 is 9.53 Å². The van der Waals surface area contributed by atoms with E-state index in [1.807, 2.05) is 0 Å². The Morgan fingerprint density at radius 1 is 1.64 bits per heavy atom. The van der Waals surface area contributed by atoms with E-state index in [0.29, 0.717) is 6.73 Å². The maximum absolute atomic E-state index is 10.5. The van der Waals surface area contributed by atoms with Gasteiger partial charge in [-0.3, -0.25) is 4.90 Å². The summed E-state index contributed by atoms with van der Waals surface area (Å²) in [4.78, 5) is 12.6. The molecular formula is C8H15NO2. The van der Waals surface area contributed by atoms with Gasteiger partial charge in [0.05, 0.1) is 12.8 Å². The van der Waals surface area contributed by atoms with E-state index in [1.54, 1.807) is 7.11 Å². The number of methoxy groups -OCH3 is 1. The highest BCUT2D eigenvalue weighted by atomic mass is 16.5. The number of rotatable bonds is 3. The first kappa shape index (κ1) is 8.68. The van der Waals surface area contributed by atoms with Crippen molar-refractivity contribution in [1.29, 1.82) is 0 Å². The van der Waals surface area contributed by atoms with Gasteiger partial charge in [0.1, 0.15) is 6.29 Å². The lowest BCUT2D eigenvalue weighted by Gasteiger charge is -2.31. The minimum absolute atomic E-state index is 0.101. The number of hydrogen-bond donors (Lipinski definition) is 0. The van der Waals surface area contributed by atoms with Crippen molar-refractivity contribution in [2.24, 2.45) is 0 Å². The maximum atomic E-state index is 10.5. The van der Waals surface area contributed by atoms with Crippen molar-refractivity contribution in [1.82, 2.24) is 4.90 Å². The summed E-state index contributed by atoms with van der Waals surface area (Å²) in [5.41, 5.74) is 0. The Balaban J connectivity index is 2.37. The number of carbonyl (C=O) groups excluding carboxylic acids is 1. The van der Waals surface area contributed by atoms with E-state index in [9.17, 15) is 4.79 Å². The third kappa shape index (κ3) is 2.27. The van der Waals surface area contributed by atoms with Gasteiger partial charge in [0, 0.05) is 13.7 Å². The molecule has 0 N–H and O–H groups in total. The minimum Gasteiger partial charge on any atom is -0.369 e. The summed E-state index contributed by atoms with van der Waals surface area (Å²) in [5, 5.41) is 0. The SMILES string of the molecule is COCN1CCCCC1C=O. The number of hydrogen-bond acceptors (Lipinski definition) is 3. The van der Waals surface area contributed by atoms with E-state index in [1.165, 1.54) is 12.8 Å². The van der Waals surface area contributed by atoms with Crippen molar-refractivity contribution in [3.8, 4) is 0 Å². The molecule has 1 heterocycles. The van der Waals surface area contributed by atoms with Gasteiger partial charge in [-0.25, -0.2) is 0 Å². The molecular weight excluding hydrogens is 142 g/mol. The number of carbonyl (C=O) groups is 1. The van der Waals surface area contributed by atoms with Crippen LogP contribution in [0.3, 0.4) is 0 Å².